The first-order valence-corrected chi connectivity index (χ1v) is 35.4. The standard InChI is InChI=1S/C89H70N10O8/c1-3-106-87(104)89(88(105)107-4-2)48-54-18-13-23-59(44-54)83(100)95-67-31-9-5-27-63(67)79-71-35-36-72(91-71)80(64-28-6-10-32-68(64)96-84(101)60-24-14-19-55(45-60)49-89)74-38-40-76(93-74)82-66-30-8-12-34-70(66)98-86(103)62-26-16-21-57(47-62)52-99(53-58-22-17-43-90-50-58)51-56-20-15-25-61(46-56)85(102)97-69-33-11-7-29-65(69)81(75-39-37-73(79)92-75)77-41-42-78(82)94-77/h5-47,50,92-93H,3-4,48-49,51-53H2,1-2H3,(H,95,100)(H,96,101)(H,97,102)(H,98,103). The van der Waals surface area contributed by atoms with Gasteiger partial charge in [-0.3, -0.25) is 38.7 Å². The summed E-state index contributed by atoms with van der Waals surface area (Å²) in [5, 5.41) is 13.1. The van der Waals surface area contributed by atoms with Crippen LogP contribution in [0.2, 0.25) is 0 Å². The average Bonchev–Trinajstić information content (AvgIpc) is 1.72. The van der Waals surface area contributed by atoms with Crippen molar-refractivity contribution >= 4 is 105 Å². The molecule has 4 amide bonds. The lowest BCUT2D eigenvalue weighted by Gasteiger charge is -2.30. The Morgan fingerprint density at radius 1 is 0.393 bits per heavy atom. The monoisotopic (exact) mass is 1410 g/mol. The number of hydrogen-bond donors (Lipinski definition) is 6. The second-order valence-electron chi connectivity index (χ2n) is 26.7. The molecule has 4 aliphatic heterocycles. The number of hydrogen-bond acceptors (Lipinski definition) is 12. The Bertz CT molecular complexity index is 5530. The SMILES string of the molecule is CCOC(=O)C1(C(=O)OCC)Cc2cccc(c2)C(=O)Nc2ccccc2-c2c3nc(c(c4ccc([nH]4)c4c5nc(c(c6ccc2[nH]6)-c2ccccc2NC(=O)c2cccc(c2)CN(Cc2cccnc2)Cc2cccc(c2)C(=O)Nc2ccccc2-4)C=C5)-c2ccccc2NC(=O)c2cccc(c2)C1)C=C3. The molecule has 6 N–H and O–H groups in total. The van der Waals surface area contributed by atoms with Crippen LogP contribution in [0.4, 0.5) is 22.7 Å². The molecule has 4 aliphatic rings. The summed E-state index contributed by atoms with van der Waals surface area (Å²) in [7, 11) is 0. The fourth-order valence-electron chi connectivity index (χ4n) is 14.7. The van der Waals surface area contributed by atoms with E-state index in [9.17, 15) is 9.59 Å². The molecule has 0 saturated heterocycles. The van der Waals surface area contributed by atoms with Crippen LogP contribution < -0.4 is 21.3 Å². The van der Waals surface area contributed by atoms with Crippen molar-refractivity contribution in [1.29, 1.82) is 0 Å². The predicted molar refractivity (Wildman–Crippen MR) is 418 cm³/mol. The zero-order valence-corrected chi connectivity index (χ0v) is 58.4. The molecule has 0 saturated carbocycles. The molecule has 0 unspecified atom stereocenters. The fourth-order valence-corrected chi connectivity index (χ4v) is 14.7. The number of rotatable bonds is 6. The van der Waals surface area contributed by atoms with Gasteiger partial charge in [0.25, 0.3) is 23.6 Å². The molecule has 0 atom stereocenters. The number of aromatic nitrogens is 5. The zero-order chi connectivity index (χ0) is 73.1. The lowest BCUT2D eigenvalue weighted by Crippen LogP contribution is -2.46. The lowest BCUT2D eigenvalue weighted by molar-refractivity contribution is -0.172. The van der Waals surface area contributed by atoms with E-state index in [1.54, 1.807) is 80.7 Å². The van der Waals surface area contributed by atoms with E-state index in [0.29, 0.717) is 154 Å². The molecule has 524 valence electrons. The third-order valence-corrected chi connectivity index (χ3v) is 19.6. The second-order valence-corrected chi connectivity index (χ2v) is 26.7. The number of anilines is 4. The summed E-state index contributed by atoms with van der Waals surface area (Å²) in [5.41, 5.74) is 14.2. The second kappa shape index (κ2) is 29.2. The number of ether oxygens (including phenoxy) is 2. The number of nitrogens with zero attached hydrogens (tertiary/aromatic N) is 4. The van der Waals surface area contributed by atoms with Crippen LogP contribution in [-0.4, -0.2) is 78.6 Å². The van der Waals surface area contributed by atoms with Crippen molar-refractivity contribution in [3.05, 3.63) is 316 Å². The van der Waals surface area contributed by atoms with E-state index < -0.39 is 29.2 Å². The van der Waals surface area contributed by atoms with E-state index in [0.717, 1.165) is 16.7 Å². The minimum absolute atomic E-state index is 0.0387. The first kappa shape index (κ1) is 67.8. The summed E-state index contributed by atoms with van der Waals surface area (Å²) in [6.07, 6.45) is 10.9. The van der Waals surface area contributed by atoms with Crippen molar-refractivity contribution in [3.8, 4) is 44.5 Å². The van der Waals surface area contributed by atoms with Gasteiger partial charge < -0.3 is 40.7 Å². The fraction of sp³-hybridized carbons (Fsp3) is 0.112. The Morgan fingerprint density at radius 3 is 1.05 bits per heavy atom. The van der Waals surface area contributed by atoms with Crippen LogP contribution >= 0.6 is 0 Å². The molecular weight excluding hydrogens is 1340 g/mol. The lowest BCUT2D eigenvalue weighted by atomic mass is 9.76. The Balaban J connectivity index is 0.969. The zero-order valence-electron chi connectivity index (χ0n) is 58.4. The molecular formula is C89H70N10O8. The van der Waals surface area contributed by atoms with Crippen molar-refractivity contribution in [1.82, 2.24) is 29.8 Å². The number of carbonyl (C=O) groups is 6. The molecule has 20 bridgehead atoms. The molecule has 12 aromatic rings. The summed E-state index contributed by atoms with van der Waals surface area (Å²) >= 11 is 0. The minimum Gasteiger partial charge on any atom is -0.465 e. The number of H-pyrrole nitrogens is 2. The first-order chi connectivity index (χ1) is 52.3. The quantitative estimate of drug-likeness (QED) is 0.0673. The molecule has 0 radical (unpaired) electrons. The number of nitrogens with one attached hydrogen (secondary N) is 6. The number of fused-ring (bicyclic) bond motifs is 24. The van der Waals surface area contributed by atoms with Crippen LogP contribution in [0.15, 0.2) is 243 Å². The van der Waals surface area contributed by atoms with Gasteiger partial charge in [0.15, 0.2) is 5.41 Å². The van der Waals surface area contributed by atoms with E-state index >= 15 is 19.2 Å². The highest BCUT2D eigenvalue weighted by Crippen LogP contribution is 2.44. The van der Waals surface area contributed by atoms with E-state index in [1.807, 2.05) is 200 Å². The molecule has 8 aromatic carbocycles. The van der Waals surface area contributed by atoms with Gasteiger partial charge in [0.2, 0.25) is 0 Å². The topological polar surface area (TPSA) is 242 Å². The van der Waals surface area contributed by atoms with E-state index in [-0.39, 0.29) is 49.0 Å². The molecule has 0 fully saturated rings. The van der Waals surface area contributed by atoms with Gasteiger partial charge in [0, 0.05) is 144 Å². The number of esters is 2. The number of aromatic amines is 2. The number of amides is 4. The largest absolute Gasteiger partial charge is 0.465 e. The van der Waals surface area contributed by atoms with Gasteiger partial charge in [-0.15, -0.1) is 0 Å². The average molecular weight is 1410 g/mol. The van der Waals surface area contributed by atoms with Gasteiger partial charge in [0.05, 0.1) is 36.0 Å². The van der Waals surface area contributed by atoms with E-state index in [1.165, 1.54) is 0 Å². The molecule has 18 nitrogen and oxygen atoms in total. The smallest absolute Gasteiger partial charge is 0.324 e. The minimum atomic E-state index is -1.97. The Morgan fingerprint density at radius 2 is 0.720 bits per heavy atom. The maximum atomic E-state index is 15.2. The van der Waals surface area contributed by atoms with Crippen molar-refractivity contribution in [2.45, 2.75) is 46.3 Å². The third kappa shape index (κ3) is 13.7. The van der Waals surface area contributed by atoms with Crippen LogP contribution in [0.5, 0.6) is 0 Å². The van der Waals surface area contributed by atoms with E-state index in [4.69, 9.17) is 19.4 Å². The van der Waals surface area contributed by atoms with Crippen molar-refractivity contribution in [2.24, 2.45) is 5.41 Å². The number of benzene rings is 8. The van der Waals surface area contributed by atoms with Gasteiger partial charge in [-0.1, -0.05) is 127 Å². The van der Waals surface area contributed by atoms with Crippen LogP contribution in [0.25, 0.3) is 90.9 Å². The highest BCUT2D eigenvalue weighted by molar-refractivity contribution is 6.13. The Labute approximate surface area is 616 Å². The van der Waals surface area contributed by atoms with Crippen LogP contribution in [0, 0.1) is 5.41 Å². The first-order valence-electron chi connectivity index (χ1n) is 35.4. The Hall–Kier alpha value is -13.7. The normalized spacial score (nSPS) is 14.1. The summed E-state index contributed by atoms with van der Waals surface area (Å²) < 4.78 is 11.5. The number of para-hydroxylation sites is 4. The summed E-state index contributed by atoms with van der Waals surface area (Å²) in [6, 6.07) is 70.7. The Kier molecular flexibility index (Phi) is 18.5. The molecule has 18 heteroatoms. The van der Waals surface area contributed by atoms with Gasteiger partial charge >= 0.3 is 11.9 Å². The molecule has 0 spiro atoms. The highest BCUT2D eigenvalue weighted by atomic mass is 16.6. The summed E-state index contributed by atoms with van der Waals surface area (Å²) in [4.78, 5) is 115. The van der Waals surface area contributed by atoms with Gasteiger partial charge in [-0.25, -0.2) is 9.97 Å². The summed E-state index contributed by atoms with van der Waals surface area (Å²) in [6.45, 7) is 4.68. The maximum absolute atomic E-state index is 15.2. The van der Waals surface area contributed by atoms with Crippen LogP contribution in [0.1, 0.15) is 106 Å². The van der Waals surface area contributed by atoms with Crippen LogP contribution in [0.3, 0.4) is 0 Å². The van der Waals surface area contributed by atoms with Gasteiger partial charge in [-0.2, -0.15) is 0 Å². The van der Waals surface area contributed by atoms with Crippen molar-refractivity contribution in [2.75, 3.05) is 34.5 Å². The number of pyridine rings is 1. The number of carbonyl (C=O) groups excluding carboxylic acids is 6. The summed E-state index contributed by atoms with van der Waals surface area (Å²) in [5.74, 6) is -3.29. The molecule has 8 heterocycles. The molecule has 16 rings (SSSR count). The highest BCUT2D eigenvalue weighted by Gasteiger charge is 2.49. The third-order valence-electron chi connectivity index (χ3n) is 19.6. The molecule has 107 heavy (non-hydrogen) atoms. The predicted octanol–water partition coefficient (Wildman–Crippen LogP) is 17.5. The van der Waals surface area contributed by atoms with Crippen LogP contribution in [-0.2, 0) is 51.5 Å². The van der Waals surface area contributed by atoms with E-state index in [2.05, 4.69) is 41.1 Å². The van der Waals surface area contributed by atoms with Crippen molar-refractivity contribution in [3.63, 3.8) is 0 Å². The maximum Gasteiger partial charge on any atom is 0.324 e. The van der Waals surface area contributed by atoms with Gasteiger partial charge in [0.1, 0.15) is 0 Å². The van der Waals surface area contributed by atoms with Gasteiger partial charge in [-0.05, 0) is 182 Å². The molecule has 0 aliphatic carbocycles. The van der Waals surface area contributed by atoms with Crippen molar-refractivity contribution < 1.29 is 38.2 Å². The molecule has 4 aromatic heterocycles.